The highest BCUT2D eigenvalue weighted by Gasteiger charge is 2.30. The molecule has 0 aliphatic rings. The summed E-state index contributed by atoms with van der Waals surface area (Å²) < 4.78 is 0. The van der Waals surface area contributed by atoms with Crippen molar-refractivity contribution in [1.29, 1.82) is 0 Å². The Bertz CT molecular complexity index is 439. The third-order valence-electron chi connectivity index (χ3n) is 2.63. The second-order valence-corrected chi connectivity index (χ2v) is 4.51. The summed E-state index contributed by atoms with van der Waals surface area (Å²) >= 11 is 0. The maximum Gasteiger partial charge on any atom is 0.328 e. The topological polar surface area (TPSA) is 199 Å². The zero-order chi connectivity index (χ0) is 17.4. The number of hydrogen-bond acceptors (Lipinski definition) is 7. The number of carbonyl (C=O) groups is 4. The van der Waals surface area contributed by atoms with Gasteiger partial charge in [-0.3, -0.25) is 14.4 Å². The van der Waals surface area contributed by atoms with Gasteiger partial charge in [-0.05, 0) is 6.92 Å². The Hall–Kier alpha value is -2.24. The number of rotatable bonds is 9. The van der Waals surface area contributed by atoms with Crippen LogP contribution in [0, 0.1) is 0 Å². The second kappa shape index (κ2) is 8.92. The van der Waals surface area contributed by atoms with Crippen molar-refractivity contribution in [3.8, 4) is 0 Å². The van der Waals surface area contributed by atoms with Crippen LogP contribution in [-0.4, -0.2) is 75.0 Å². The third kappa shape index (κ3) is 6.47. The van der Waals surface area contributed by atoms with Crippen molar-refractivity contribution in [3.05, 3.63) is 0 Å². The Labute approximate surface area is 125 Å². The quantitative estimate of drug-likeness (QED) is 0.222. The van der Waals surface area contributed by atoms with Crippen molar-refractivity contribution in [1.82, 2.24) is 10.6 Å². The van der Waals surface area contributed by atoms with Gasteiger partial charge < -0.3 is 36.8 Å². The van der Waals surface area contributed by atoms with Crippen molar-refractivity contribution < 1.29 is 39.6 Å². The summed E-state index contributed by atoms with van der Waals surface area (Å²) in [7, 11) is 0. The monoisotopic (exact) mass is 321 g/mol. The first kappa shape index (κ1) is 19.8. The molecule has 126 valence electrons. The predicted molar refractivity (Wildman–Crippen MR) is 70.5 cm³/mol. The average Bonchev–Trinajstić information content (AvgIpc) is 2.41. The number of hydrogen-bond donors (Lipinski definition) is 7. The van der Waals surface area contributed by atoms with Gasteiger partial charge in [-0.25, -0.2) is 4.79 Å². The van der Waals surface area contributed by atoms with Gasteiger partial charge in [-0.2, -0.15) is 0 Å². The van der Waals surface area contributed by atoms with Crippen LogP contribution in [0.5, 0.6) is 0 Å². The number of nitrogens with two attached hydrogens (primary N) is 1. The lowest BCUT2D eigenvalue weighted by atomic mass is 10.1. The van der Waals surface area contributed by atoms with Crippen LogP contribution in [0.15, 0.2) is 0 Å². The number of aliphatic hydroxyl groups is 2. The molecule has 22 heavy (non-hydrogen) atoms. The van der Waals surface area contributed by atoms with E-state index in [4.69, 9.17) is 26.2 Å². The summed E-state index contributed by atoms with van der Waals surface area (Å²) in [6, 6.07) is -4.65. The van der Waals surface area contributed by atoms with E-state index in [1.54, 1.807) is 0 Å². The van der Waals surface area contributed by atoms with Crippen molar-refractivity contribution in [3.63, 3.8) is 0 Å². The van der Waals surface area contributed by atoms with Crippen molar-refractivity contribution in [2.75, 3.05) is 6.61 Å². The van der Waals surface area contributed by atoms with E-state index in [9.17, 15) is 19.2 Å². The summed E-state index contributed by atoms with van der Waals surface area (Å²) in [6.45, 7) is 0.310. The van der Waals surface area contributed by atoms with Crippen LogP contribution in [-0.2, 0) is 19.2 Å². The van der Waals surface area contributed by atoms with E-state index in [-0.39, 0.29) is 0 Å². The molecule has 0 radical (unpaired) electrons. The molecule has 0 saturated heterocycles. The van der Waals surface area contributed by atoms with Crippen LogP contribution in [0.2, 0.25) is 0 Å². The van der Waals surface area contributed by atoms with Crippen LogP contribution in [0.1, 0.15) is 13.3 Å². The molecule has 0 aromatic carbocycles. The smallest absolute Gasteiger partial charge is 0.328 e. The minimum Gasteiger partial charge on any atom is -0.481 e. The van der Waals surface area contributed by atoms with E-state index < -0.39 is 61.0 Å². The SMILES string of the molecule is C[C@@H](O)[C@H](N)C(=O)N[C@@H](CC(=O)O)C(=O)N[C@@H](CO)C(=O)O. The lowest BCUT2D eigenvalue weighted by Gasteiger charge is -2.22. The summed E-state index contributed by atoms with van der Waals surface area (Å²) in [5.41, 5.74) is 5.34. The molecule has 0 unspecified atom stereocenters. The molecule has 0 aliphatic heterocycles. The van der Waals surface area contributed by atoms with Crippen LogP contribution >= 0.6 is 0 Å². The van der Waals surface area contributed by atoms with Gasteiger partial charge in [-0.15, -0.1) is 0 Å². The van der Waals surface area contributed by atoms with Gasteiger partial charge in [-0.1, -0.05) is 0 Å². The van der Waals surface area contributed by atoms with Crippen molar-refractivity contribution >= 4 is 23.8 Å². The molecule has 0 fully saturated rings. The van der Waals surface area contributed by atoms with Crippen LogP contribution in [0.25, 0.3) is 0 Å². The normalized spacial score (nSPS) is 16.0. The van der Waals surface area contributed by atoms with Gasteiger partial charge in [0.2, 0.25) is 11.8 Å². The molecule has 0 aromatic rings. The molecule has 0 saturated carbocycles. The summed E-state index contributed by atoms with van der Waals surface area (Å²) in [4.78, 5) is 44.9. The Morgan fingerprint density at radius 2 is 1.55 bits per heavy atom. The van der Waals surface area contributed by atoms with Gasteiger partial charge >= 0.3 is 11.9 Å². The zero-order valence-corrected chi connectivity index (χ0v) is 11.7. The highest BCUT2D eigenvalue weighted by Crippen LogP contribution is 1.98. The van der Waals surface area contributed by atoms with E-state index in [1.165, 1.54) is 6.92 Å². The van der Waals surface area contributed by atoms with E-state index in [0.717, 1.165) is 0 Å². The molecule has 0 rings (SSSR count). The molecule has 0 heterocycles. The highest BCUT2D eigenvalue weighted by atomic mass is 16.4. The minimum absolute atomic E-state index is 0.831. The van der Waals surface area contributed by atoms with Crippen LogP contribution in [0.4, 0.5) is 0 Å². The van der Waals surface area contributed by atoms with Gasteiger partial charge in [0.25, 0.3) is 0 Å². The fourth-order valence-corrected chi connectivity index (χ4v) is 1.33. The summed E-state index contributed by atoms with van der Waals surface area (Å²) in [6.07, 6.45) is -2.07. The Balaban J connectivity index is 4.97. The maximum absolute atomic E-state index is 11.8. The molecule has 0 bridgehead atoms. The largest absolute Gasteiger partial charge is 0.481 e. The zero-order valence-electron chi connectivity index (χ0n) is 11.7. The number of carbonyl (C=O) groups excluding carboxylic acids is 2. The molecule has 4 atom stereocenters. The first-order chi connectivity index (χ1) is 10.1. The molecule has 11 heteroatoms. The highest BCUT2D eigenvalue weighted by molar-refractivity contribution is 5.94. The number of nitrogens with one attached hydrogen (secondary N) is 2. The average molecular weight is 321 g/mol. The van der Waals surface area contributed by atoms with Gasteiger partial charge in [0.15, 0.2) is 0 Å². The number of carboxylic acid groups (broad SMARTS) is 2. The van der Waals surface area contributed by atoms with Gasteiger partial charge in [0.05, 0.1) is 19.1 Å². The predicted octanol–water partition coefficient (Wildman–Crippen LogP) is -3.78. The fraction of sp³-hybridized carbons (Fsp3) is 0.636. The van der Waals surface area contributed by atoms with E-state index in [1.807, 2.05) is 10.6 Å². The minimum atomic E-state index is -1.65. The number of amides is 2. The number of aliphatic carboxylic acids is 2. The number of aliphatic hydroxyl groups excluding tert-OH is 2. The standard InChI is InChI=1S/C11H19N3O8/c1-4(16)8(12)10(20)13-5(2-7(17)18)9(19)14-6(3-15)11(21)22/h4-6,8,15-16H,2-3,12H2,1H3,(H,13,20)(H,14,19)(H,17,18)(H,21,22)/t4-,5+,6+,8+/m1/s1. The third-order valence-corrected chi connectivity index (χ3v) is 2.63. The van der Waals surface area contributed by atoms with Crippen LogP contribution < -0.4 is 16.4 Å². The Morgan fingerprint density at radius 3 is 1.91 bits per heavy atom. The molecule has 0 aromatic heterocycles. The lowest BCUT2D eigenvalue weighted by Crippen LogP contribution is -2.57. The van der Waals surface area contributed by atoms with E-state index >= 15 is 0 Å². The molecular weight excluding hydrogens is 302 g/mol. The molecule has 2 amide bonds. The summed E-state index contributed by atoms with van der Waals surface area (Å²) in [5.74, 6) is -5.05. The fourth-order valence-electron chi connectivity index (χ4n) is 1.33. The molecule has 0 spiro atoms. The van der Waals surface area contributed by atoms with Crippen LogP contribution in [0.3, 0.4) is 0 Å². The maximum atomic E-state index is 11.8. The molecule has 11 nitrogen and oxygen atoms in total. The number of carboxylic acids is 2. The second-order valence-electron chi connectivity index (χ2n) is 4.51. The first-order valence-corrected chi connectivity index (χ1v) is 6.20. The molecule has 8 N–H and O–H groups in total. The molecule has 0 aliphatic carbocycles. The van der Waals surface area contributed by atoms with E-state index in [2.05, 4.69) is 0 Å². The summed E-state index contributed by atoms with van der Waals surface area (Å²) in [5, 5.41) is 39.3. The van der Waals surface area contributed by atoms with E-state index in [0.29, 0.717) is 0 Å². The lowest BCUT2D eigenvalue weighted by molar-refractivity contribution is -0.144. The Kier molecular flexibility index (Phi) is 8.01. The van der Waals surface area contributed by atoms with Crippen molar-refractivity contribution in [2.45, 2.75) is 37.6 Å². The van der Waals surface area contributed by atoms with Gasteiger partial charge in [0, 0.05) is 0 Å². The Morgan fingerprint density at radius 1 is 1.05 bits per heavy atom. The molecular formula is C11H19N3O8. The van der Waals surface area contributed by atoms with Crippen molar-refractivity contribution in [2.24, 2.45) is 5.73 Å². The van der Waals surface area contributed by atoms with Gasteiger partial charge in [0.1, 0.15) is 18.1 Å². The first-order valence-electron chi connectivity index (χ1n) is 6.20.